The van der Waals surface area contributed by atoms with Crippen LogP contribution in [0.2, 0.25) is 0 Å². The highest BCUT2D eigenvalue weighted by atomic mass is 16.5. The largest absolute Gasteiger partial charge is 0.481 e. The second-order valence-electron chi connectivity index (χ2n) is 5.54. The van der Waals surface area contributed by atoms with E-state index >= 15 is 0 Å². The number of carbonyl (C=O) groups excluding carboxylic acids is 1. The zero-order chi connectivity index (χ0) is 16.5. The van der Waals surface area contributed by atoms with Gasteiger partial charge >= 0.3 is 0 Å². The van der Waals surface area contributed by atoms with Gasteiger partial charge in [-0.1, -0.05) is 56.3 Å². The first-order chi connectivity index (χ1) is 11.2. The first-order valence-corrected chi connectivity index (χ1v) is 8.30. The Morgan fingerprint density at radius 2 is 1.70 bits per heavy atom. The van der Waals surface area contributed by atoms with E-state index < -0.39 is 6.10 Å². The van der Waals surface area contributed by atoms with E-state index in [9.17, 15) is 4.79 Å². The Morgan fingerprint density at radius 3 is 2.30 bits per heavy atom. The summed E-state index contributed by atoms with van der Waals surface area (Å²) < 4.78 is 5.82. The van der Waals surface area contributed by atoms with Gasteiger partial charge in [0.05, 0.1) is 0 Å². The van der Waals surface area contributed by atoms with Crippen molar-refractivity contribution >= 4 is 5.91 Å². The van der Waals surface area contributed by atoms with Crippen molar-refractivity contribution in [3.63, 3.8) is 0 Å². The van der Waals surface area contributed by atoms with Gasteiger partial charge < -0.3 is 10.1 Å². The smallest absolute Gasteiger partial charge is 0.261 e. The molecule has 2 aromatic rings. The molecule has 3 nitrogen and oxygen atoms in total. The molecule has 1 atom stereocenters. The monoisotopic (exact) mass is 311 g/mol. The number of amides is 1. The number of aryl methyl sites for hydroxylation is 1. The van der Waals surface area contributed by atoms with Crippen molar-refractivity contribution < 1.29 is 9.53 Å². The van der Waals surface area contributed by atoms with Crippen LogP contribution in [0.3, 0.4) is 0 Å². The minimum absolute atomic E-state index is 0.0528. The third kappa shape index (κ3) is 5.44. The zero-order valence-corrected chi connectivity index (χ0v) is 13.9. The molecule has 0 aliphatic carbocycles. The fourth-order valence-corrected chi connectivity index (χ4v) is 2.38. The van der Waals surface area contributed by atoms with E-state index in [4.69, 9.17) is 4.74 Å². The standard InChI is InChI=1S/C20H25NO2/c1-3-16-10-12-18(13-11-16)23-19(4-2)20(22)21-15-14-17-8-6-5-7-9-17/h5-13,19H,3-4,14-15H2,1-2H3,(H,21,22)/t19-/m1/s1. The van der Waals surface area contributed by atoms with Crippen LogP contribution in [0.15, 0.2) is 54.6 Å². The summed E-state index contributed by atoms with van der Waals surface area (Å²) in [4.78, 5) is 12.3. The fraction of sp³-hybridized carbons (Fsp3) is 0.350. The number of nitrogens with one attached hydrogen (secondary N) is 1. The van der Waals surface area contributed by atoms with E-state index in [1.165, 1.54) is 11.1 Å². The number of ether oxygens (including phenoxy) is 1. The molecule has 0 fully saturated rings. The maximum Gasteiger partial charge on any atom is 0.261 e. The number of carbonyl (C=O) groups is 1. The van der Waals surface area contributed by atoms with Crippen molar-refractivity contribution in [3.05, 3.63) is 65.7 Å². The van der Waals surface area contributed by atoms with Crippen LogP contribution in [0.4, 0.5) is 0 Å². The summed E-state index contributed by atoms with van der Waals surface area (Å²) in [7, 11) is 0. The molecule has 0 radical (unpaired) electrons. The van der Waals surface area contributed by atoms with Crippen LogP contribution in [-0.4, -0.2) is 18.6 Å². The SMILES string of the molecule is CCc1ccc(O[C@H](CC)C(=O)NCCc2ccccc2)cc1. The lowest BCUT2D eigenvalue weighted by Gasteiger charge is -2.17. The average molecular weight is 311 g/mol. The Balaban J connectivity index is 1.82. The van der Waals surface area contributed by atoms with Crippen molar-refractivity contribution in [1.29, 1.82) is 0 Å². The molecule has 0 unspecified atom stereocenters. The molecule has 1 amide bonds. The molecule has 0 aliphatic rings. The van der Waals surface area contributed by atoms with E-state index in [2.05, 4.69) is 24.4 Å². The summed E-state index contributed by atoms with van der Waals surface area (Å²) in [5, 5.41) is 2.96. The second kappa shape index (κ2) is 8.99. The predicted molar refractivity (Wildman–Crippen MR) is 93.7 cm³/mol. The minimum Gasteiger partial charge on any atom is -0.481 e. The molecule has 0 aliphatic heterocycles. The summed E-state index contributed by atoms with van der Waals surface area (Å²) >= 11 is 0. The van der Waals surface area contributed by atoms with Gasteiger partial charge in [-0.05, 0) is 42.5 Å². The molecule has 2 aromatic carbocycles. The normalized spacial score (nSPS) is 11.7. The van der Waals surface area contributed by atoms with Gasteiger partial charge in [-0.25, -0.2) is 0 Å². The highest BCUT2D eigenvalue weighted by Gasteiger charge is 2.17. The van der Waals surface area contributed by atoms with Gasteiger partial charge in [-0.3, -0.25) is 4.79 Å². The van der Waals surface area contributed by atoms with Crippen molar-refractivity contribution in [2.75, 3.05) is 6.54 Å². The van der Waals surface area contributed by atoms with E-state index in [-0.39, 0.29) is 5.91 Å². The number of hydrogen-bond donors (Lipinski definition) is 1. The highest BCUT2D eigenvalue weighted by molar-refractivity contribution is 5.81. The quantitative estimate of drug-likeness (QED) is 0.806. The number of hydrogen-bond acceptors (Lipinski definition) is 2. The maximum absolute atomic E-state index is 12.3. The second-order valence-corrected chi connectivity index (χ2v) is 5.54. The lowest BCUT2D eigenvalue weighted by molar-refractivity contribution is -0.128. The zero-order valence-electron chi connectivity index (χ0n) is 13.9. The van der Waals surface area contributed by atoms with E-state index in [0.29, 0.717) is 13.0 Å². The molecule has 0 bridgehead atoms. The van der Waals surface area contributed by atoms with Gasteiger partial charge in [0, 0.05) is 6.54 Å². The van der Waals surface area contributed by atoms with Gasteiger partial charge in [-0.2, -0.15) is 0 Å². The Kier molecular flexibility index (Phi) is 6.67. The molecular formula is C20H25NO2. The third-order valence-electron chi connectivity index (χ3n) is 3.83. The van der Waals surface area contributed by atoms with Gasteiger partial charge in [0.1, 0.15) is 5.75 Å². The van der Waals surface area contributed by atoms with Crippen LogP contribution in [-0.2, 0) is 17.6 Å². The summed E-state index contributed by atoms with van der Waals surface area (Å²) in [5.74, 6) is 0.690. The van der Waals surface area contributed by atoms with Gasteiger partial charge in [0.15, 0.2) is 6.10 Å². The number of rotatable bonds is 8. The van der Waals surface area contributed by atoms with Crippen LogP contribution in [0, 0.1) is 0 Å². The Bertz CT molecular complexity index is 593. The summed E-state index contributed by atoms with van der Waals surface area (Å²) in [6.07, 6.45) is 2.02. The summed E-state index contributed by atoms with van der Waals surface area (Å²) in [6.45, 7) is 4.70. The molecule has 0 aromatic heterocycles. The summed E-state index contributed by atoms with van der Waals surface area (Å²) in [5.41, 5.74) is 2.48. The average Bonchev–Trinajstić information content (AvgIpc) is 2.61. The van der Waals surface area contributed by atoms with Gasteiger partial charge in [0.2, 0.25) is 0 Å². The summed E-state index contributed by atoms with van der Waals surface area (Å²) in [6, 6.07) is 18.1. The highest BCUT2D eigenvalue weighted by Crippen LogP contribution is 2.15. The predicted octanol–water partition coefficient (Wildman–Crippen LogP) is 3.77. The molecule has 0 saturated heterocycles. The maximum atomic E-state index is 12.3. The molecule has 2 rings (SSSR count). The molecule has 0 saturated carbocycles. The van der Waals surface area contributed by atoms with Crippen LogP contribution >= 0.6 is 0 Å². The first kappa shape index (κ1) is 17.1. The van der Waals surface area contributed by atoms with E-state index in [1.54, 1.807) is 0 Å². The van der Waals surface area contributed by atoms with Crippen molar-refractivity contribution in [2.45, 2.75) is 39.2 Å². The Hall–Kier alpha value is -2.29. The van der Waals surface area contributed by atoms with Crippen molar-refractivity contribution in [3.8, 4) is 5.75 Å². The minimum atomic E-state index is -0.446. The Labute approximate surface area is 138 Å². The van der Waals surface area contributed by atoms with Crippen LogP contribution in [0.25, 0.3) is 0 Å². The topological polar surface area (TPSA) is 38.3 Å². The van der Waals surface area contributed by atoms with Gasteiger partial charge in [-0.15, -0.1) is 0 Å². The molecule has 122 valence electrons. The first-order valence-electron chi connectivity index (χ1n) is 8.30. The van der Waals surface area contributed by atoms with Crippen molar-refractivity contribution in [1.82, 2.24) is 5.32 Å². The third-order valence-corrected chi connectivity index (χ3v) is 3.83. The van der Waals surface area contributed by atoms with Crippen molar-refractivity contribution in [2.24, 2.45) is 0 Å². The molecule has 0 heterocycles. The molecule has 0 spiro atoms. The van der Waals surface area contributed by atoms with E-state index in [1.807, 2.05) is 49.4 Å². The molecule has 3 heteroatoms. The van der Waals surface area contributed by atoms with Crippen LogP contribution in [0.5, 0.6) is 5.75 Å². The van der Waals surface area contributed by atoms with Crippen LogP contribution < -0.4 is 10.1 Å². The van der Waals surface area contributed by atoms with Crippen LogP contribution in [0.1, 0.15) is 31.4 Å². The fourth-order valence-electron chi connectivity index (χ4n) is 2.38. The van der Waals surface area contributed by atoms with E-state index in [0.717, 1.165) is 18.6 Å². The number of benzene rings is 2. The molecular weight excluding hydrogens is 286 g/mol. The Morgan fingerprint density at radius 1 is 1.00 bits per heavy atom. The van der Waals surface area contributed by atoms with Gasteiger partial charge in [0.25, 0.3) is 5.91 Å². The molecule has 1 N–H and O–H groups in total. The lowest BCUT2D eigenvalue weighted by atomic mass is 10.1. The molecule has 23 heavy (non-hydrogen) atoms. The lowest BCUT2D eigenvalue weighted by Crippen LogP contribution is -2.38.